The molecule has 30 heavy (non-hydrogen) atoms. The first-order valence-electron chi connectivity index (χ1n) is 12.2. The Balaban J connectivity index is 1.13. The van der Waals surface area contributed by atoms with Crippen molar-refractivity contribution in [3.8, 4) is 0 Å². The van der Waals surface area contributed by atoms with Gasteiger partial charge in [-0.1, -0.05) is 6.92 Å². The Morgan fingerprint density at radius 2 is 1.90 bits per heavy atom. The van der Waals surface area contributed by atoms with Gasteiger partial charge in [0, 0.05) is 43.2 Å². The van der Waals surface area contributed by atoms with Crippen LogP contribution in [0.1, 0.15) is 64.7 Å². The highest BCUT2D eigenvalue weighted by molar-refractivity contribution is 5.82. The van der Waals surface area contributed by atoms with E-state index in [1.807, 2.05) is 0 Å². The number of fused-ring (bicyclic) bond motifs is 1. The lowest BCUT2D eigenvalue weighted by Gasteiger charge is -2.42. The van der Waals surface area contributed by atoms with Crippen LogP contribution in [0.25, 0.3) is 0 Å². The molecule has 5 fully saturated rings. The van der Waals surface area contributed by atoms with Crippen LogP contribution in [-0.2, 0) is 9.59 Å². The Hall–Kier alpha value is -1.21. The number of rotatable bonds is 4. The van der Waals surface area contributed by atoms with Crippen LogP contribution in [0, 0.1) is 11.8 Å². The highest BCUT2D eigenvalue weighted by atomic mass is 19.1. The first-order chi connectivity index (χ1) is 14.5. The van der Waals surface area contributed by atoms with Crippen LogP contribution in [0.2, 0.25) is 0 Å². The van der Waals surface area contributed by atoms with Crippen molar-refractivity contribution >= 4 is 11.8 Å². The van der Waals surface area contributed by atoms with E-state index in [2.05, 4.69) is 27.4 Å². The molecule has 3 saturated carbocycles. The molecule has 5 unspecified atom stereocenters. The Bertz CT molecular complexity index is 654. The van der Waals surface area contributed by atoms with E-state index in [1.54, 1.807) is 0 Å². The highest BCUT2D eigenvalue weighted by Crippen LogP contribution is 2.38. The van der Waals surface area contributed by atoms with E-state index in [1.165, 1.54) is 12.8 Å². The number of nitrogens with zero attached hydrogens (tertiary/aromatic N) is 2. The van der Waals surface area contributed by atoms with Crippen LogP contribution in [0.15, 0.2) is 0 Å². The zero-order valence-electron chi connectivity index (χ0n) is 18.2. The Morgan fingerprint density at radius 3 is 2.63 bits per heavy atom. The Labute approximate surface area is 179 Å². The van der Waals surface area contributed by atoms with Gasteiger partial charge < -0.3 is 15.5 Å². The molecule has 2 N–H and O–H groups in total. The molecule has 0 aromatic carbocycles. The summed E-state index contributed by atoms with van der Waals surface area (Å²) in [5.74, 6) is 0.745. The van der Waals surface area contributed by atoms with E-state index in [9.17, 15) is 14.0 Å². The van der Waals surface area contributed by atoms with Crippen LogP contribution in [0.3, 0.4) is 0 Å². The van der Waals surface area contributed by atoms with Gasteiger partial charge in [0.25, 0.3) is 0 Å². The molecule has 6 nitrogen and oxygen atoms in total. The van der Waals surface area contributed by atoms with Crippen LogP contribution < -0.4 is 10.6 Å². The van der Waals surface area contributed by atoms with Gasteiger partial charge in [0.05, 0.1) is 12.6 Å². The van der Waals surface area contributed by atoms with Gasteiger partial charge in [-0.3, -0.25) is 14.5 Å². The molecule has 2 amide bonds. The second-order valence-corrected chi connectivity index (χ2v) is 10.5. The topological polar surface area (TPSA) is 64.7 Å². The lowest BCUT2D eigenvalue weighted by molar-refractivity contribution is -0.138. The molecule has 3 aliphatic carbocycles. The maximum Gasteiger partial charge on any atom is 0.237 e. The van der Waals surface area contributed by atoms with Crippen LogP contribution in [0.5, 0.6) is 0 Å². The molecule has 168 valence electrons. The predicted octanol–water partition coefficient (Wildman–Crippen LogP) is 1.84. The fraction of sp³-hybridized carbons (Fsp3) is 0.913. The average Bonchev–Trinajstić information content (AvgIpc) is 3.47. The van der Waals surface area contributed by atoms with Gasteiger partial charge >= 0.3 is 0 Å². The lowest BCUT2D eigenvalue weighted by Crippen LogP contribution is -2.56. The van der Waals surface area contributed by atoms with Gasteiger partial charge in [-0.05, 0) is 63.7 Å². The summed E-state index contributed by atoms with van der Waals surface area (Å²) in [5, 5.41) is 6.72. The van der Waals surface area contributed by atoms with Crippen molar-refractivity contribution in [3.05, 3.63) is 0 Å². The maximum absolute atomic E-state index is 14.4. The lowest BCUT2D eigenvalue weighted by atomic mass is 9.77. The summed E-state index contributed by atoms with van der Waals surface area (Å²) in [7, 11) is 0. The number of piperazine rings is 1. The summed E-state index contributed by atoms with van der Waals surface area (Å²) in [6.07, 6.45) is 7.83. The highest BCUT2D eigenvalue weighted by Gasteiger charge is 2.46. The summed E-state index contributed by atoms with van der Waals surface area (Å²) in [5.41, 5.74) is 0. The summed E-state index contributed by atoms with van der Waals surface area (Å²) in [6.45, 7) is 4.52. The summed E-state index contributed by atoms with van der Waals surface area (Å²) >= 11 is 0. The van der Waals surface area contributed by atoms with Gasteiger partial charge in [0.2, 0.25) is 11.8 Å². The van der Waals surface area contributed by atoms with Gasteiger partial charge in [0.15, 0.2) is 0 Å². The van der Waals surface area contributed by atoms with E-state index in [0.29, 0.717) is 37.4 Å². The molecule has 0 aromatic heterocycles. The van der Waals surface area contributed by atoms with Crippen LogP contribution in [-0.4, -0.2) is 77.6 Å². The largest absolute Gasteiger partial charge is 0.352 e. The van der Waals surface area contributed by atoms with E-state index < -0.39 is 6.17 Å². The van der Waals surface area contributed by atoms with E-state index in [0.717, 1.165) is 45.2 Å². The molecule has 5 rings (SSSR count). The van der Waals surface area contributed by atoms with Crippen molar-refractivity contribution in [2.45, 2.75) is 101 Å². The Morgan fingerprint density at radius 1 is 1.07 bits per heavy atom. The van der Waals surface area contributed by atoms with Crippen molar-refractivity contribution in [2.24, 2.45) is 11.8 Å². The smallest absolute Gasteiger partial charge is 0.237 e. The number of carbonyl (C=O) groups excluding carboxylic acids is 2. The van der Waals surface area contributed by atoms with E-state index >= 15 is 0 Å². The molecule has 2 heterocycles. The SMILES string of the molecule is CC1CCC(F)C2CC(C(=O)N[C@@H]3CCC[C@H](N4CCN(C5CC5)C(=O)C4)C3)NC12. The molecular weight excluding hydrogens is 383 g/mol. The minimum absolute atomic E-state index is 0.0163. The fourth-order valence-corrected chi connectivity index (χ4v) is 6.52. The molecule has 0 bridgehead atoms. The molecule has 0 radical (unpaired) electrons. The van der Waals surface area contributed by atoms with Crippen molar-refractivity contribution in [2.75, 3.05) is 19.6 Å². The zero-order valence-corrected chi connectivity index (χ0v) is 18.2. The monoisotopic (exact) mass is 420 g/mol. The number of halogens is 1. The summed E-state index contributed by atoms with van der Waals surface area (Å²) in [4.78, 5) is 29.9. The predicted molar refractivity (Wildman–Crippen MR) is 113 cm³/mol. The number of carbonyl (C=O) groups is 2. The zero-order chi connectivity index (χ0) is 20.8. The molecular formula is C23H37FN4O2. The Kier molecular flexibility index (Phi) is 5.78. The number of hydrogen-bond donors (Lipinski definition) is 2. The third kappa shape index (κ3) is 4.12. The van der Waals surface area contributed by atoms with Gasteiger partial charge in [-0.15, -0.1) is 0 Å². The fourth-order valence-electron chi connectivity index (χ4n) is 6.52. The minimum Gasteiger partial charge on any atom is -0.352 e. The molecule has 5 aliphatic rings. The van der Waals surface area contributed by atoms with Gasteiger partial charge in [0.1, 0.15) is 6.17 Å². The average molecular weight is 421 g/mol. The van der Waals surface area contributed by atoms with Gasteiger partial charge in [-0.25, -0.2) is 4.39 Å². The molecule has 2 aliphatic heterocycles. The summed E-state index contributed by atoms with van der Waals surface area (Å²) < 4.78 is 14.4. The van der Waals surface area contributed by atoms with Crippen molar-refractivity contribution in [1.29, 1.82) is 0 Å². The normalized spacial score (nSPS) is 42.8. The molecule has 7 heteroatoms. The first-order valence-corrected chi connectivity index (χ1v) is 12.2. The second-order valence-electron chi connectivity index (χ2n) is 10.5. The van der Waals surface area contributed by atoms with Crippen molar-refractivity contribution in [3.63, 3.8) is 0 Å². The number of hydrogen-bond acceptors (Lipinski definition) is 4. The quantitative estimate of drug-likeness (QED) is 0.728. The summed E-state index contributed by atoms with van der Waals surface area (Å²) in [6, 6.07) is 0.923. The number of amides is 2. The first kappa shape index (κ1) is 20.7. The second kappa shape index (κ2) is 8.38. The van der Waals surface area contributed by atoms with Crippen molar-refractivity contribution < 1.29 is 14.0 Å². The van der Waals surface area contributed by atoms with Crippen LogP contribution in [0.4, 0.5) is 4.39 Å². The van der Waals surface area contributed by atoms with Gasteiger partial charge in [-0.2, -0.15) is 0 Å². The number of nitrogens with one attached hydrogen (secondary N) is 2. The van der Waals surface area contributed by atoms with E-state index in [-0.39, 0.29) is 35.9 Å². The minimum atomic E-state index is -0.776. The molecule has 7 atom stereocenters. The molecule has 0 spiro atoms. The standard InChI is InChI=1S/C23H37FN4O2/c1-14-5-8-19(24)18-12-20(26-22(14)18)23(30)25-15-3-2-4-17(11-15)27-9-10-28(16-6-7-16)21(29)13-27/h14-20,22,26H,2-13H2,1H3,(H,25,30)/t14?,15-,17+,18?,19?,20?,22?/m1/s1. The molecule has 2 saturated heterocycles. The maximum atomic E-state index is 14.4. The van der Waals surface area contributed by atoms with E-state index in [4.69, 9.17) is 0 Å². The molecule has 0 aromatic rings. The number of alkyl halides is 1. The third-order valence-corrected chi connectivity index (χ3v) is 8.44. The van der Waals surface area contributed by atoms with Crippen molar-refractivity contribution in [1.82, 2.24) is 20.4 Å². The van der Waals surface area contributed by atoms with Crippen LogP contribution >= 0.6 is 0 Å². The third-order valence-electron chi connectivity index (χ3n) is 8.44.